The van der Waals surface area contributed by atoms with Crippen LogP contribution in [-0.4, -0.2) is 23.8 Å². The van der Waals surface area contributed by atoms with Gasteiger partial charge in [-0.25, -0.2) is 4.79 Å². The van der Waals surface area contributed by atoms with Crippen molar-refractivity contribution in [3.63, 3.8) is 0 Å². The molecule has 0 aliphatic carbocycles. The standard InChI is InChI=1S/C15H19ClO4/c1-4-11(3)20-14-6-5-12(9-13(14)16)19-8-7-10(2)15(17)18/h5-7,9,11H,4,8H2,1-3H3,(H,17,18). The predicted molar refractivity (Wildman–Crippen MR) is 78.7 cm³/mol. The first kappa shape index (κ1) is 16.4. The van der Waals surface area contributed by atoms with Crippen molar-refractivity contribution < 1.29 is 19.4 Å². The molecule has 0 spiro atoms. The highest BCUT2D eigenvalue weighted by atomic mass is 35.5. The summed E-state index contributed by atoms with van der Waals surface area (Å²) in [4.78, 5) is 10.6. The number of rotatable bonds is 7. The van der Waals surface area contributed by atoms with Gasteiger partial charge in [-0.15, -0.1) is 0 Å². The van der Waals surface area contributed by atoms with E-state index in [1.54, 1.807) is 18.2 Å². The normalized spacial score (nSPS) is 12.9. The maximum absolute atomic E-state index is 10.6. The molecule has 0 aliphatic rings. The van der Waals surface area contributed by atoms with Crippen molar-refractivity contribution in [2.75, 3.05) is 6.61 Å². The Hall–Kier alpha value is -1.68. The van der Waals surface area contributed by atoms with Crippen LogP contribution in [0.15, 0.2) is 29.8 Å². The van der Waals surface area contributed by atoms with Crippen molar-refractivity contribution in [1.29, 1.82) is 0 Å². The summed E-state index contributed by atoms with van der Waals surface area (Å²) in [6.45, 7) is 5.70. The van der Waals surface area contributed by atoms with Gasteiger partial charge < -0.3 is 14.6 Å². The van der Waals surface area contributed by atoms with E-state index >= 15 is 0 Å². The number of carboxylic acids is 1. The van der Waals surface area contributed by atoms with Gasteiger partial charge in [-0.2, -0.15) is 0 Å². The first-order valence-electron chi connectivity index (χ1n) is 6.43. The lowest BCUT2D eigenvalue weighted by atomic mass is 10.3. The van der Waals surface area contributed by atoms with E-state index in [0.717, 1.165) is 6.42 Å². The molecule has 20 heavy (non-hydrogen) atoms. The third kappa shape index (κ3) is 5.13. The van der Waals surface area contributed by atoms with Crippen molar-refractivity contribution in [3.05, 3.63) is 34.9 Å². The van der Waals surface area contributed by atoms with Crippen LogP contribution in [-0.2, 0) is 4.79 Å². The van der Waals surface area contributed by atoms with Gasteiger partial charge in [-0.05, 0) is 38.5 Å². The van der Waals surface area contributed by atoms with Crippen molar-refractivity contribution in [2.45, 2.75) is 33.3 Å². The zero-order valence-electron chi connectivity index (χ0n) is 11.9. The van der Waals surface area contributed by atoms with Crippen molar-refractivity contribution >= 4 is 17.6 Å². The average Bonchev–Trinajstić information content (AvgIpc) is 2.41. The average molecular weight is 299 g/mol. The Morgan fingerprint density at radius 3 is 2.75 bits per heavy atom. The third-order valence-corrected chi connectivity index (χ3v) is 3.08. The van der Waals surface area contributed by atoms with Crippen molar-refractivity contribution in [2.24, 2.45) is 0 Å². The Morgan fingerprint density at radius 1 is 1.50 bits per heavy atom. The van der Waals surface area contributed by atoms with E-state index in [1.165, 1.54) is 13.0 Å². The SMILES string of the molecule is CCC(C)Oc1ccc(OCC=C(C)C(=O)O)cc1Cl. The van der Waals surface area contributed by atoms with E-state index in [9.17, 15) is 4.79 Å². The zero-order chi connectivity index (χ0) is 15.1. The molecule has 1 rings (SSSR count). The van der Waals surface area contributed by atoms with Gasteiger partial charge in [-0.3, -0.25) is 0 Å². The van der Waals surface area contributed by atoms with Gasteiger partial charge in [0.15, 0.2) is 0 Å². The Bertz CT molecular complexity index is 497. The highest BCUT2D eigenvalue weighted by Gasteiger charge is 2.07. The van der Waals surface area contributed by atoms with Crippen LogP contribution in [0.5, 0.6) is 11.5 Å². The van der Waals surface area contributed by atoms with Crippen LogP contribution < -0.4 is 9.47 Å². The van der Waals surface area contributed by atoms with Gasteiger partial charge in [0, 0.05) is 11.6 Å². The smallest absolute Gasteiger partial charge is 0.331 e. The molecule has 1 unspecified atom stereocenters. The van der Waals surface area contributed by atoms with E-state index in [0.29, 0.717) is 16.5 Å². The fourth-order valence-electron chi connectivity index (χ4n) is 1.32. The lowest BCUT2D eigenvalue weighted by Gasteiger charge is -2.14. The summed E-state index contributed by atoms with van der Waals surface area (Å²) >= 11 is 6.11. The minimum absolute atomic E-state index is 0.0976. The summed E-state index contributed by atoms with van der Waals surface area (Å²) in [5.41, 5.74) is 0.243. The molecule has 0 saturated heterocycles. The third-order valence-electron chi connectivity index (χ3n) is 2.78. The lowest BCUT2D eigenvalue weighted by Crippen LogP contribution is -2.10. The number of benzene rings is 1. The number of halogens is 1. The van der Waals surface area contributed by atoms with Crippen LogP contribution >= 0.6 is 11.6 Å². The maximum Gasteiger partial charge on any atom is 0.331 e. The predicted octanol–water partition coefficient (Wildman–Crippen LogP) is 3.93. The maximum atomic E-state index is 10.6. The van der Waals surface area contributed by atoms with Gasteiger partial charge in [0.1, 0.15) is 18.1 Å². The van der Waals surface area contributed by atoms with Gasteiger partial charge in [0.05, 0.1) is 11.1 Å². The first-order chi connectivity index (χ1) is 9.43. The van der Waals surface area contributed by atoms with Gasteiger partial charge in [0.25, 0.3) is 0 Å². The van der Waals surface area contributed by atoms with Crippen LogP contribution in [0.25, 0.3) is 0 Å². The Balaban J connectivity index is 2.64. The molecule has 1 atom stereocenters. The van der Waals surface area contributed by atoms with Crippen LogP contribution in [0.1, 0.15) is 27.2 Å². The monoisotopic (exact) mass is 298 g/mol. The molecular formula is C15H19ClO4. The summed E-state index contributed by atoms with van der Waals surface area (Å²) in [6.07, 6.45) is 2.49. The number of carbonyl (C=O) groups is 1. The second-order valence-corrected chi connectivity index (χ2v) is 4.84. The van der Waals surface area contributed by atoms with Crippen LogP contribution in [0, 0.1) is 0 Å². The molecule has 0 fully saturated rings. The fraction of sp³-hybridized carbons (Fsp3) is 0.400. The minimum atomic E-state index is -0.955. The molecule has 0 heterocycles. The summed E-state index contributed by atoms with van der Waals surface area (Å²) < 4.78 is 11.1. The second-order valence-electron chi connectivity index (χ2n) is 4.43. The lowest BCUT2D eigenvalue weighted by molar-refractivity contribution is -0.132. The molecule has 0 bridgehead atoms. The van der Waals surface area contributed by atoms with Crippen LogP contribution in [0.4, 0.5) is 0 Å². The number of hydrogen-bond donors (Lipinski definition) is 1. The molecule has 0 saturated carbocycles. The quantitative estimate of drug-likeness (QED) is 0.775. The number of carboxylic acid groups (broad SMARTS) is 1. The first-order valence-corrected chi connectivity index (χ1v) is 6.80. The van der Waals surface area contributed by atoms with Crippen molar-refractivity contribution in [1.82, 2.24) is 0 Å². The number of ether oxygens (including phenoxy) is 2. The molecule has 1 N–H and O–H groups in total. The Kier molecular flexibility index (Phi) is 6.39. The van der Waals surface area contributed by atoms with Gasteiger partial charge >= 0.3 is 5.97 Å². The van der Waals surface area contributed by atoms with E-state index in [-0.39, 0.29) is 18.3 Å². The summed E-state index contributed by atoms with van der Waals surface area (Å²) in [5, 5.41) is 9.18. The topological polar surface area (TPSA) is 55.8 Å². The van der Waals surface area contributed by atoms with E-state index < -0.39 is 5.97 Å². The van der Waals surface area contributed by atoms with Crippen LogP contribution in [0.3, 0.4) is 0 Å². The van der Waals surface area contributed by atoms with E-state index in [1.807, 2.05) is 13.8 Å². The molecule has 0 aromatic heterocycles. The molecule has 0 amide bonds. The zero-order valence-corrected chi connectivity index (χ0v) is 12.6. The Morgan fingerprint density at radius 2 is 2.20 bits per heavy atom. The Labute approximate surface area is 124 Å². The largest absolute Gasteiger partial charge is 0.489 e. The molecule has 0 aliphatic heterocycles. The van der Waals surface area contributed by atoms with Crippen molar-refractivity contribution in [3.8, 4) is 11.5 Å². The fourth-order valence-corrected chi connectivity index (χ4v) is 1.53. The van der Waals surface area contributed by atoms with Crippen LogP contribution in [0.2, 0.25) is 5.02 Å². The summed E-state index contributed by atoms with van der Waals surface area (Å²) in [5.74, 6) is 0.232. The summed E-state index contributed by atoms with van der Waals surface area (Å²) in [6, 6.07) is 5.15. The highest BCUT2D eigenvalue weighted by Crippen LogP contribution is 2.29. The molecule has 5 heteroatoms. The summed E-state index contributed by atoms with van der Waals surface area (Å²) in [7, 11) is 0. The molecule has 0 radical (unpaired) electrons. The van der Waals surface area contributed by atoms with E-state index in [4.69, 9.17) is 26.2 Å². The highest BCUT2D eigenvalue weighted by molar-refractivity contribution is 6.32. The molecule has 110 valence electrons. The van der Waals surface area contributed by atoms with E-state index in [2.05, 4.69) is 0 Å². The number of aliphatic carboxylic acids is 1. The molecular weight excluding hydrogens is 280 g/mol. The second kappa shape index (κ2) is 7.80. The molecule has 1 aromatic carbocycles. The molecule has 4 nitrogen and oxygen atoms in total. The van der Waals surface area contributed by atoms with Gasteiger partial charge in [-0.1, -0.05) is 18.5 Å². The minimum Gasteiger partial charge on any atom is -0.489 e. The van der Waals surface area contributed by atoms with Gasteiger partial charge in [0.2, 0.25) is 0 Å². The molecule has 1 aromatic rings. The number of hydrogen-bond acceptors (Lipinski definition) is 3.